The smallest absolute Gasteiger partial charge is 0.468 e. The Balaban J connectivity index is 1.73. The lowest BCUT2D eigenvalue weighted by atomic mass is 9.79. The molecular weight excluding hydrogens is 359 g/mol. The van der Waals surface area contributed by atoms with Crippen molar-refractivity contribution in [2.45, 2.75) is 6.54 Å². The van der Waals surface area contributed by atoms with Gasteiger partial charge >= 0.3 is 13.1 Å². The van der Waals surface area contributed by atoms with Gasteiger partial charge in [-0.25, -0.2) is 4.57 Å². The lowest BCUT2D eigenvalue weighted by Gasteiger charge is -2.09. The van der Waals surface area contributed by atoms with Crippen molar-refractivity contribution in [1.29, 1.82) is 0 Å². The number of rotatable bonds is 6. The number of nitrogens with one attached hydrogen (secondary N) is 1. The molecule has 10 heteroatoms. The Labute approximate surface area is 160 Å². The van der Waals surface area contributed by atoms with Gasteiger partial charge in [0.25, 0.3) is 5.95 Å². The summed E-state index contributed by atoms with van der Waals surface area (Å²) in [6.45, 7) is 0.585. The Hall–Kier alpha value is -3.50. The summed E-state index contributed by atoms with van der Waals surface area (Å²) in [4.78, 5) is 8.84. The van der Waals surface area contributed by atoms with Crippen molar-refractivity contribution in [2.75, 3.05) is 12.4 Å². The normalized spacial score (nSPS) is 10.8. The number of ether oxygens (including phenoxy) is 1. The highest BCUT2D eigenvalue weighted by Gasteiger charge is 2.22. The number of para-hydroxylation sites is 1. The van der Waals surface area contributed by atoms with Gasteiger partial charge in [0.1, 0.15) is 0 Å². The molecule has 0 amide bonds. The summed E-state index contributed by atoms with van der Waals surface area (Å²) in [5.74, 6) is 0.790. The molecule has 4 aromatic rings. The van der Waals surface area contributed by atoms with Crippen molar-refractivity contribution >= 4 is 29.4 Å². The standard InChI is InChI=1S/C18H17BN6O3/c1-28-18-23-16-13(19(26)27)8-5-9-14(16)25(18)17-22-15(11-21-24-17)20-10-12-6-3-2-4-7-12/h2-9,11,26-27H,10H2,1H3,(H,20,22,24). The lowest BCUT2D eigenvalue weighted by molar-refractivity contribution is 0.374. The van der Waals surface area contributed by atoms with Crippen molar-refractivity contribution in [2.24, 2.45) is 0 Å². The molecule has 0 unspecified atom stereocenters. The molecule has 2 aromatic heterocycles. The predicted molar refractivity (Wildman–Crippen MR) is 105 cm³/mol. The van der Waals surface area contributed by atoms with E-state index in [2.05, 4.69) is 25.5 Å². The Bertz CT molecular complexity index is 1100. The zero-order chi connectivity index (χ0) is 19.5. The highest BCUT2D eigenvalue weighted by molar-refractivity contribution is 6.61. The number of anilines is 1. The van der Waals surface area contributed by atoms with Gasteiger partial charge in [-0.2, -0.15) is 15.1 Å². The minimum atomic E-state index is -1.66. The summed E-state index contributed by atoms with van der Waals surface area (Å²) in [5.41, 5.74) is 2.33. The molecule has 0 aliphatic rings. The van der Waals surface area contributed by atoms with E-state index < -0.39 is 7.12 Å². The zero-order valence-electron chi connectivity index (χ0n) is 15.0. The summed E-state index contributed by atoms with van der Waals surface area (Å²) in [6, 6.07) is 15.2. The van der Waals surface area contributed by atoms with Crippen molar-refractivity contribution in [3.8, 4) is 12.0 Å². The Morgan fingerprint density at radius 1 is 1.07 bits per heavy atom. The number of imidazole rings is 1. The third kappa shape index (κ3) is 3.38. The summed E-state index contributed by atoms with van der Waals surface area (Å²) in [5, 5.41) is 30.5. The highest BCUT2D eigenvalue weighted by Crippen LogP contribution is 2.23. The Kier molecular flexibility index (Phi) is 4.88. The van der Waals surface area contributed by atoms with Crippen LogP contribution in [0.15, 0.2) is 54.7 Å². The first-order chi connectivity index (χ1) is 13.7. The Morgan fingerprint density at radius 2 is 1.89 bits per heavy atom. The van der Waals surface area contributed by atoms with Crippen LogP contribution in [0.1, 0.15) is 5.56 Å². The molecule has 9 nitrogen and oxygen atoms in total. The lowest BCUT2D eigenvalue weighted by Crippen LogP contribution is -2.30. The van der Waals surface area contributed by atoms with E-state index in [0.717, 1.165) is 5.56 Å². The molecule has 140 valence electrons. The molecule has 0 aliphatic carbocycles. The molecule has 28 heavy (non-hydrogen) atoms. The quantitative estimate of drug-likeness (QED) is 0.417. The molecule has 0 atom stereocenters. The number of hydrogen-bond donors (Lipinski definition) is 3. The third-order valence-corrected chi connectivity index (χ3v) is 4.21. The fourth-order valence-corrected chi connectivity index (χ4v) is 2.90. The average molecular weight is 376 g/mol. The van der Waals surface area contributed by atoms with Gasteiger partial charge in [0, 0.05) is 12.0 Å². The first-order valence-electron chi connectivity index (χ1n) is 8.56. The van der Waals surface area contributed by atoms with Gasteiger partial charge in [-0.3, -0.25) is 0 Å². The minimum absolute atomic E-state index is 0.213. The number of nitrogens with zero attached hydrogens (tertiary/aromatic N) is 5. The van der Waals surface area contributed by atoms with Crippen LogP contribution in [-0.2, 0) is 6.54 Å². The van der Waals surface area contributed by atoms with Crippen molar-refractivity contribution in [1.82, 2.24) is 24.7 Å². The van der Waals surface area contributed by atoms with Crippen LogP contribution in [0.5, 0.6) is 6.01 Å². The van der Waals surface area contributed by atoms with E-state index in [4.69, 9.17) is 4.74 Å². The van der Waals surface area contributed by atoms with Crippen LogP contribution >= 0.6 is 0 Å². The van der Waals surface area contributed by atoms with E-state index in [-0.39, 0.29) is 17.4 Å². The fraction of sp³-hybridized carbons (Fsp3) is 0.111. The molecule has 3 N–H and O–H groups in total. The van der Waals surface area contributed by atoms with E-state index in [9.17, 15) is 10.0 Å². The number of aromatic nitrogens is 5. The largest absolute Gasteiger partial charge is 0.490 e. The fourth-order valence-electron chi connectivity index (χ4n) is 2.90. The van der Waals surface area contributed by atoms with E-state index in [1.165, 1.54) is 13.3 Å². The van der Waals surface area contributed by atoms with E-state index in [1.54, 1.807) is 22.8 Å². The number of benzene rings is 2. The van der Waals surface area contributed by atoms with Crippen LogP contribution in [-0.4, -0.2) is 49.0 Å². The summed E-state index contributed by atoms with van der Waals surface area (Å²) < 4.78 is 6.92. The van der Waals surface area contributed by atoms with Crippen molar-refractivity contribution in [3.05, 3.63) is 60.3 Å². The molecule has 2 aromatic carbocycles. The second-order valence-corrected chi connectivity index (χ2v) is 6.00. The van der Waals surface area contributed by atoms with Gasteiger partial charge in [-0.1, -0.05) is 42.5 Å². The van der Waals surface area contributed by atoms with E-state index in [1.807, 2.05) is 30.3 Å². The SMILES string of the molecule is COc1nc2c(B(O)O)cccc2n1-c1nncc(NCc2ccccc2)n1. The molecular formula is C18H17BN6O3. The van der Waals surface area contributed by atoms with Crippen LogP contribution in [0.3, 0.4) is 0 Å². The molecule has 0 fully saturated rings. The topological polar surface area (TPSA) is 118 Å². The van der Waals surface area contributed by atoms with E-state index in [0.29, 0.717) is 23.4 Å². The maximum atomic E-state index is 9.60. The monoisotopic (exact) mass is 376 g/mol. The Morgan fingerprint density at radius 3 is 2.64 bits per heavy atom. The van der Waals surface area contributed by atoms with Crippen LogP contribution in [0.4, 0.5) is 5.82 Å². The number of methoxy groups -OCH3 is 1. The summed E-state index contributed by atoms with van der Waals surface area (Å²) >= 11 is 0. The van der Waals surface area contributed by atoms with Gasteiger partial charge < -0.3 is 20.1 Å². The summed E-state index contributed by atoms with van der Waals surface area (Å²) in [6.07, 6.45) is 1.53. The molecule has 0 spiro atoms. The van der Waals surface area contributed by atoms with Crippen LogP contribution in [0.25, 0.3) is 17.0 Å². The molecule has 0 bridgehead atoms. The summed E-state index contributed by atoms with van der Waals surface area (Å²) in [7, 11) is -0.188. The van der Waals surface area contributed by atoms with Crippen LogP contribution in [0, 0.1) is 0 Å². The molecule has 0 saturated heterocycles. The van der Waals surface area contributed by atoms with Gasteiger partial charge in [0.2, 0.25) is 0 Å². The molecule has 0 saturated carbocycles. The zero-order valence-corrected chi connectivity index (χ0v) is 15.0. The van der Waals surface area contributed by atoms with Gasteiger partial charge in [-0.05, 0) is 11.6 Å². The van der Waals surface area contributed by atoms with Gasteiger partial charge in [0.05, 0.1) is 24.3 Å². The molecule has 2 heterocycles. The van der Waals surface area contributed by atoms with Gasteiger partial charge in [-0.15, -0.1) is 5.10 Å². The minimum Gasteiger partial charge on any atom is -0.468 e. The van der Waals surface area contributed by atoms with Crippen molar-refractivity contribution < 1.29 is 14.8 Å². The van der Waals surface area contributed by atoms with Crippen LogP contribution < -0.4 is 15.5 Å². The average Bonchev–Trinajstić information content (AvgIpc) is 3.12. The van der Waals surface area contributed by atoms with E-state index >= 15 is 0 Å². The number of fused-ring (bicyclic) bond motifs is 1. The maximum absolute atomic E-state index is 9.60. The molecule has 0 radical (unpaired) electrons. The second kappa shape index (κ2) is 7.63. The van der Waals surface area contributed by atoms with Gasteiger partial charge in [0.15, 0.2) is 5.82 Å². The molecule has 4 rings (SSSR count). The second-order valence-electron chi connectivity index (χ2n) is 6.00. The van der Waals surface area contributed by atoms with Crippen LogP contribution in [0.2, 0.25) is 0 Å². The highest BCUT2D eigenvalue weighted by atomic mass is 16.5. The number of hydrogen-bond acceptors (Lipinski definition) is 8. The molecule has 0 aliphatic heterocycles. The third-order valence-electron chi connectivity index (χ3n) is 4.21. The first kappa shape index (κ1) is 17.9. The predicted octanol–water partition coefficient (Wildman–Crippen LogP) is 0.511. The first-order valence-corrected chi connectivity index (χ1v) is 8.56. The maximum Gasteiger partial charge on any atom is 0.490 e. The van der Waals surface area contributed by atoms with Crippen molar-refractivity contribution in [3.63, 3.8) is 0 Å².